The molecule has 0 amide bonds. The van der Waals surface area contributed by atoms with Crippen molar-refractivity contribution in [3.05, 3.63) is 48.6 Å². The number of rotatable bonds is 54. The Bertz CT molecular complexity index is 1190. The molecule has 0 saturated heterocycles. The quantitative estimate of drug-likeness (QED) is 0.0262. The predicted octanol–water partition coefficient (Wildman–Crippen LogP) is 19.8. The molecule has 0 aromatic carbocycles. The Labute approximate surface area is 422 Å². The summed E-state index contributed by atoms with van der Waals surface area (Å²) in [7, 11) is 0. The minimum Gasteiger partial charge on any atom is -0.462 e. The highest BCUT2D eigenvalue weighted by Gasteiger charge is 2.19. The van der Waals surface area contributed by atoms with Crippen LogP contribution < -0.4 is 0 Å². The van der Waals surface area contributed by atoms with Gasteiger partial charge in [0.25, 0.3) is 0 Å². The molecule has 396 valence electrons. The van der Waals surface area contributed by atoms with Crippen LogP contribution in [-0.4, -0.2) is 37.2 Å². The molecule has 1 atom stereocenters. The Balaban J connectivity index is 4.25. The molecule has 0 aliphatic rings. The first kappa shape index (κ1) is 65.4. The van der Waals surface area contributed by atoms with Gasteiger partial charge in [0.15, 0.2) is 6.10 Å². The molecule has 0 rings (SSSR count). The van der Waals surface area contributed by atoms with E-state index >= 15 is 0 Å². The second kappa shape index (κ2) is 57.0. The molecule has 0 N–H and O–H groups in total. The molecule has 6 nitrogen and oxygen atoms in total. The molecule has 6 heteroatoms. The predicted molar refractivity (Wildman–Crippen MR) is 293 cm³/mol. The van der Waals surface area contributed by atoms with Gasteiger partial charge in [-0.3, -0.25) is 14.4 Å². The van der Waals surface area contributed by atoms with Crippen LogP contribution in [0.2, 0.25) is 0 Å². The molecule has 0 fully saturated rings. The highest BCUT2D eigenvalue weighted by molar-refractivity contribution is 5.71. The normalized spacial score (nSPS) is 12.3. The molecule has 68 heavy (non-hydrogen) atoms. The number of ether oxygens (including phenoxy) is 3. The Morgan fingerprint density at radius 3 is 0.912 bits per heavy atom. The van der Waals surface area contributed by atoms with Gasteiger partial charge in [-0.2, -0.15) is 0 Å². The molecular formula is C62H112O6. The summed E-state index contributed by atoms with van der Waals surface area (Å²) in [5.74, 6) is -0.885. The first-order valence-electron chi connectivity index (χ1n) is 29.6. The van der Waals surface area contributed by atoms with Crippen molar-refractivity contribution in [3.63, 3.8) is 0 Å². The van der Waals surface area contributed by atoms with E-state index in [4.69, 9.17) is 14.2 Å². The van der Waals surface area contributed by atoms with Crippen molar-refractivity contribution in [2.75, 3.05) is 13.2 Å². The summed E-state index contributed by atoms with van der Waals surface area (Å²) < 4.78 is 16.8. The van der Waals surface area contributed by atoms with Gasteiger partial charge in [0, 0.05) is 19.3 Å². The third kappa shape index (κ3) is 54.3. The molecular weight excluding hydrogens is 841 g/mol. The SMILES string of the molecule is CCC/C=C\CCCCCCCC(=O)OCC(COC(=O)CCCCCCCCCCCCC/C=C\CCCCCCCCCC)OC(=O)CCCCCCCCC/C=C\C/C=C\CCCCC. The van der Waals surface area contributed by atoms with E-state index in [2.05, 4.69) is 69.4 Å². The molecule has 0 aliphatic carbocycles. The van der Waals surface area contributed by atoms with Crippen LogP contribution in [0.1, 0.15) is 310 Å². The van der Waals surface area contributed by atoms with Crippen LogP contribution in [0.25, 0.3) is 0 Å². The lowest BCUT2D eigenvalue weighted by atomic mass is 10.0. The maximum Gasteiger partial charge on any atom is 0.306 e. The van der Waals surface area contributed by atoms with E-state index in [9.17, 15) is 14.4 Å². The maximum atomic E-state index is 12.8. The summed E-state index contributed by atoms with van der Waals surface area (Å²) in [6.07, 6.45) is 69.7. The molecule has 0 aliphatic heterocycles. The van der Waals surface area contributed by atoms with Crippen LogP contribution in [0.15, 0.2) is 48.6 Å². The third-order valence-electron chi connectivity index (χ3n) is 13.0. The van der Waals surface area contributed by atoms with E-state index in [1.54, 1.807) is 0 Å². The first-order valence-corrected chi connectivity index (χ1v) is 29.6. The fourth-order valence-corrected chi connectivity index (χ4v) is 8.53. The first-order chi connectivity index (χ1) is 33.5. The van der Waals surface area contributed by atoms with Crippen LogP contribution in [0.5, 0.6) is 0 Å². The second-order valence-corrected chi connectivity index (χ2v) is 19.9. The van der Waals surface area contributed by atoms with Crippen molar-refractivity contribution in [2.24, 2.45) is 0 Å². The second-order valence-electron chi connectivity index (χ2n) is 19.9. The van der Waals surface area contributed by atoms with Crippen molar-refractivity contribution >= 4 is 17.9 Å². The molecule has 0 radical (unpaired) electrons. The van der Waals surface area contributed by atoms with Crippen molar-refractivity contribution in [1.82, 2.24) is 0 Å². The molecule has 1 unspecified atom stereocenters. The lowest BCUT2D eigenvalue weighted by Gasteiger charge is -2.18. The van der Waals surface area contributed by atoms with Crippen LogP contribution in [0.3, 0.4) is 0 Å². The third-order valence-corrected chi connectivity index (χ3v) is 13.0. The number of hydrogen-bond donors (Lipinski definition) is 0. The summed E-state index contributed by atoms with van der Waals surface area (Å²) in [5.41, 5.74) is 0. The zero-order chi connectivity index (χ0) is 49.3. The molecule has 0 aromatic rings. The molecule has 0 heterocycles. The zero-order valence-electron chi connectivity index (χ0n) is 45.4. The van der Waals surface area contributed by atoms with Gasteiger partial charge >= 0.3 is 17.9 Å². The largest absolute Gasteiger partial charge is 0.462 e. The highest BCUT2D eigenvalue weighted by Crippen LogP contribution is 2.16. The topological polar surface area (TPSA) is 78.9 Å². The van der Waals surface area contributed by atoms with E-state index in [1.165, 1.54) is 186 Å². The summed E-state index contributed by atoms with van der Waals surface area (Å²) >= 11 is 0. The lowest BCUT2D eigenvalue weighted by Crippen LogP contribution is -2.30. The van der Waals surface area contributed by atoms with Gasteiger partial charge in [-0.05, 0) is 96.3 Å². The average molecular weight is 954 g/mol. The Morgan fingerprint density at radius 1 is 0.294 bits per heavy atom. The van der Waals surface area contributed by atoms with Crippen LogP contribution in [0.4, 0.5) is 0 Å². The van der Waals surface area contributed by atoms with Crippen molar-refractivity contribution in [2.45, 2.75) is 316 Å². The van der Waals surface area contributed by atoms with E-state index in [1.807, 2.05) is 0 Å². The lowest BCUT2D eigenvalue weighted by molar-refractivity contribution is -0.167. The van der Waals surface area contributed by atoms with Gasteiger partial charge in [0.05, 0.1) is 0 Å². The van der Waals surface area contributed by atoms with Crippen LogP contribution in [-0.2, 0) is 28.6 Å². The molecule has 0 saturated carbocycles. The van der Waals surface area contributed by atoms with Gasteiger partial charge in [-0.25, -0.2) is 0 Å². The number of hydrogen-bond acceptors (Lipinski definition) is 6. The fourth-order valence-electron chi connectivity index (χ4n) is 8.53. The smallest absolute Gasteiger partial charge is 0.306 e. The zero-order valence-corrected chi connectivity index (χ0v) is 45.4. The Kier molecular flexibility index (Phi) is 54.8. The number of esters is 3. The number of carbonyl (C=O) groups excluding carboxylic acids is 3. The molecule has 0 spiro atoms. The van der Waals surface area contributed by atoms with E-state index < -0.39 is 6.10 Å². The van der Waals surface area contributed by atoms with Crippen LogP contribution >= 0.6 is 0 Å². The van der Waals surface area contributed by atoms with Crippen molar-refractivity contribution in [3.8, 4) is 0 Å². The van der Waals surface area contributed by atoms with Gasteiger partial charge < -0.3 is 14.2 Å². The Hall–Kier alpha value is -2.63. The van der Waals surface area contributed by atoms with Gasteiger partial charge in [0.1, 0.15) is 13.2 Å². The summed E-state index contributed by atoms with van der Waals surface area (Å²) in [5, 5.41) is 0. The van der Waals surface area contributed by atoms with Crippen molar-refractivity contribution in [1.29, 1.82) is 0 Å². The summed E-state index contributed by atoms with van der Waals surface area (Å²) in [6.45, 7) is 6.57. The van der Waals surface area contributed by atoms with Gasteiger partial charge in [-0.1, -0.05) is 243 Å². The summed E-state index contributed by atoms with van der Waals surface area (Å²) in [6, 6.07) is 0. The Morgan fingerprint density at radius 2 is 0.559 bits per heavy atom. The minimum atomic E-state index is -0.779. The van der Waals surface area contributed by atoms with Gasteiger partial charge in [0.2, 0.25) is 0 Å². The minimum absolute atomic E-state index is 0.0778. The van der Waals surface area contributed by atoms with Crippen LogP contribution in [0, 0.1) is 0 Å². The fraction of sp³-hybridized carbons (Fsp3) is 0.823. The number of carbonyl (C=O) groups is 3. The van der Waals surface area contributed by atoms with Gasteiger partial charge in [-0.15, -0.1) is 0 Å². The van der Waals surface area contributed by atoms with E-state index in [0.717, 1.165) is 83.5 Å². The standard InChI is InChI=1S/C62H112O6/c1-4-7-10-13-16-19-22-24-26-28-29-30-31-32-33-35-36-38-40-43-46-49-52-55-61(64)67-58-59(57-66-60(63)54-51-48-45-42-21-18-15-12-9-6-3)68-62(65)56-53-50-47-44-41-39-37-34-27-25-23-20-17-14-11-8-5-2/h12,15,17,20,25,27-29,59H,4-11,13-14,16,18-19,21-24,26,30-58H2,1-3H3/b15-12-,20-17-,27-25-,29-28-. The van der Waals surface area contributed by atoms with E-state index in [-0.39, 0.29) is 31.1 Å². The maximum absolute atomic E-state index is 12.8. The van der Waals surface area contributed by atoms with E-state index in [0.29, 0.717) is 19.3 Å². The highest BCUT2D eigenvalue weighted by atomic mass is 16.6. The summed E-state index contributed by atoms with van der Waals surface area (Å²) in [4.78, 5) is 38.1. The molecule has 0 aromatic heterocycles. The number of allylic oxidation sites excluding steroid dienone is 8. The monoisotopic (exact) mass is 953 g/mol. The van der Waals surface area contributed by atoms with Crippen molar-refractivity contribution < 1.29 is 28.6 Å². The number of unbranched alkanes of at least 4 members (excludes halogenated alkanes) is 35. The molecule has 0 bridgehead atoms. The average Bonchev–Trinajstić information content (AvgIpc) is 3.34.